The minimum atomic E-state index is -0.550. The summed E-state index contributed by atoms with van der Waals surface area (Å²) in [5.41, 5.74) is 0.565. The Balaban J connectivity index is 1.86. The van der Waals surface area contributed by atoms with Gasteiger partial charge in [-0.1, -0.05) is 37.3 Å². The molecule has 1 heterocycles. The highest BCUT2D eigenvalue weighted by molar-refractivity contribution is 5.86. The van der Waals surface area contributed by atoms with E-state index in [1.165, 1.54) is 0 Å². The monoisotopic (exact) mass is 347 g/mol. The van der Waals surface area contributed by atoms with E-state index in [-0.39, 0.29) is 17.8 Å². The molecule has 138 valence electrons. The fourth-order valence-corrected chi connectivity index (χ4v) is 3.02. The second-order valence-electron chi connectivity index (χ2n) is 7.57. The summed E-state index contributed by atoms with van der Waals surface area (Å²) in [4.78, 5) is 26.4. The van der Waals surface area contributed by atoms with E-state index in [1.807, 2.05) is 58.0 Å². The van der Waals surface area contributed by atoms with Crippen molar-refractivity contribution in [2.24, 2.45) is 5.92 Å². The lowest BCUT2D eigenvalue weighted by Gasteiger charge is -2.29. The Morgan fingerprint density at radius 2 is 1.96 bits per heavy atom. The fourth-order valence-electron chi connectivity index (χ4n) is 3.02. The van der Waals surface area contributed by atoms with Gasteiger partial charge in [-0.05, 0) is 32.8 Å². The SMILES string of the molecule is CC[C@@H](C(=O)OC(C)(C)C)N1CC(COCc2ccccc2)CC1=O. The molecule has 0 aliphatic carbocycles. The molecule has 1 unspecified atom stereocenters. The molecule has 0 saturated carbocycles. The van der Waals surface area contributed by atoms with Crippen LogP contribution >= 0.6 is 0 Å². The van der Waals surface area contributed by atoms with Crippen LogP contribution < -0.4 is 0 Å². The molecular formula is C20H29NO4. The highest BCUT2D eigenvalue weighted by Crippen LogP contribution is 2.24. The third-order valence-electron chi connectivity index (χ3n) is 4.15. The Labute approximate surface area is 150 Å². The zero-order chi connectivity index (χ0) is 18.4. The van der Waals surface area contributed by atoms with E-state index in [0.717, 1.165) is 5.56 Å². The Kier molecular flexibility index (Phi) is 6.59. The molecule has 0 spiro atoms. The third-order valence-corrected chi connectivity index (χ3v) is 4.15. The van der Waals surface area contributed by atoms with Gasteiger partial charge in [0.25, 0.3) is 0 Å². The molecule has 0 aromatic heterocycles. The van der Waals surface area contributed by atoms with Crippen molar-refractivity contribution in [3.63, 3.8) is 0 Å². The molecule has 5 nitrogen and oxygen atoms in total. The number of likely N-dealkylation sites (tertiary alicyclic amines) is 1. The number of hydrogen-bond acceptors (Lipinski definition) is 4. The molecule has 2 atom stereocenters. The minimum absolute atomic E-state index is 0.00557. The summed E-state index contributed by atoms with van der Waals surface area (Å²) in [5.74, 6) is -0.201. The van der Waals surface area contributed by atoms with Crippen molar-refractivity contribution >= 4 is 11.9 Å². The Morgan fingerprint density at radius 1 is 1.28 bits per heavy atom. The molecule has 1 aromatic rings. The molecule has 0 bridgehead atoms. The molecule has 2 rings (SSSR count). The number of esters is 1. The average molecular weight is 347 g/mol. The van der Waals surface area contributed by atoms with Gasteiger partial charge in [0.2, 0.25) is 5.91 Å². The Morgan fingerprint density at radius 3 is 2.56 bits per heavy atom. The molecule has 1 aliphatic rings. The van der Waals surface area contributed by atoms with Gasteiger partial charge in [0, 0.05) is 18.9 Å². The van der Waals surface area contributed by atoms with Gasteiger partial charge < -0.3 is 14.4 Å². The normalized spacial score (nSPS) is 19.1. The van der Waals surface area contributed by atoms with Crippen LogP contribution in [0.2, 0.25) is 0 Å². The third kappa shape index (κ3) is 5.85. The summed E-state index contributed by atoms with van der Waals surface area (Å²) < 4.78 is 11.2. The number of carbonyl (C=O) groups is 2. The van der Waals surface area contributed by atoms with Crippen LogP contribution in [0.3, 0.4) is 0 Å². The van der Waals surface area contributed by atoms with Crippen LogP contribution in [0, 0.1) is 5.92 Å². The zero-order valence-electron chi connectivity index (χ0n) is 15.7. The smallest absolute Gasteiger partial charge is 0.329 e. The van der Waals surface area contributed by atoms with Gasteiger partial charge in [-0.15, -0.1) is 0 Å². The summed E-state index contributed by atoms with van der Waals surface area (Å²) in [6, 6.07) is 9.45. The predicted molar refractivity (Wildman–Crippen MR) is 95.8 cm³/mol. The fraction of sp³-hybridized carbons (Fsp3) is 0.600. The van der Waals surface area contributed by atoms with Crippen LogP contribution in [0.15, 0.2) is 30.3 Å². The van der Waals surface area contributed by atoms with Crippen molar-refractivity contribution in [2.75, 3.05) is 13.2 Å². The van der Waals surface area contributed by atoms with E-state index in [2.05, 4.69) is 0 Å². The van der Waals surface area contributed by atoms with E-state index in [0.29, 0.717) is 32.6 Å². The maximum Gasteiger partial charge on any atom is 0.329 e. The molecule has 1 amide bonds. The van der Waals surface area contributed by atoms with Gasteiger partial charge in [-0.25, -0.2) is 4.79 Å². The van der Waals surface area contributed by atoms with Crippen LogP contribution in [0.5, 0.6) is 0 Å². The summed E-state index contributed by atoms with van der Waals surface area (Å²) in [6.07, 6.45) is 0.979. The molecule has 1 fully saturated rings. The largest absolute Gasteiger partial charge is 0.458 e. The first-order valence-corrected chi connectivity index (χ1v) is 8.94. The van der Waals surface area contributed by atoms with Crippen molar-refractivity contribution in [2.45, 2.75) is 58.8 Å². The molecule has 5 heteroatoms. The zero-order valence-corrected chi connectivity index (χ0v) is 15.7. The van der Waals surface area contributed by atoms with E-state index in [1.54, 1.807) is 4.90 Å². The second kappa shape index (κ2) is 8.48. The Bertz CT molecular complexity index is 579. The van der Waals surface area contributed by atoms with Gasteiger partial charge in [0.15, 0.2) is 0 Å². The van der Waals surface area contributed by atoms with Crippen LogP contribution in [-0.2, 0) is 25.7 Å². The number of rotatable bonds is 7. The number of ether oxygens (including phenoxy) is 2. The van der Waals surface area contributed by atoms with Crippen molar-refractivity contribution in [1.82, 2.24) is 4.90 Å². The molecule has 1 aromatic carbocycles. The van der Waals surface area contributed by atoms with Crippen LogP contribution in [0.4, 0.5) is 0 Å². The van der Waals surface area contributed by atoms with Crippen molar-refractivity contribution in [3.8, 4) is 0 Å². The van der Waals surface area contributed by atoms with Crippen LogP contribution in [0.1, 0.15) is 46.1 Å². The maximum atomic E-state index is 12.4. The first-order valence-electron chi connectivity index (χ1n) is 8.94. The highest BCUT2D eigenvalue weighted by atomic mass is 16.6. The number of benzene rings is 1. The summed E-state index contributed by atoms with van der Waals surface area (Å²) in [7, 11) is 0. The lowest BCUT2D eigenvalue weighted by molar-refractivity contribution is -0.164. The van der Waals surface area contributed by atoms with Crippen molar-refractivity contribution < 1.29 is 19.1 Å². The summed E-state index contributed by atoms with van der Waals surface area (Å²) in [5, 5.41) is 0. The van der Waals surface area contributed by atoms with Crippen molar-refractivity contribution in [1.29, 1.82) is 0 Å². The van der Waals surface area contributed by atoms with E-state index < -0.39 is 11.6 Å². The number of carbonyl (C=O) groups excluding carboxylic acids is 2. The quantitative estimate of drug-likeness (QED) is 0.711. The summed E-state index contributed by atoms with van der Waals surface area (Å²) in [6.45, 7) is 9.01. The lowest BCUT2D eigenvalue weighted by atomic mass is 10.1. The van der Waals surface area contributed by atoms with Crippen LogP contribution in [-0.4, -0.2) is 41.6 Å². The molecule has 1 saturated heterocycles. The predicted octanol–water partition coefficient (Wildman–Crippen LogP) is 3.17. The topological polar surface area (TPSA) is 55.8 Å². The number of hydrogen-bond donors (Lipinski definition) is 0. The van der Waals surface area contributed by atoms with Crippen molar-refractivity contribution in [3.05, 3.63) is 35.9 Å². The molecule has 25 heavy (non-hydrogen) atoms. The molecular weight excluding hydrogens is 318 g/mol. The standard InChI is InChI=1S/C20H29NO4/c1-5-17(19(23)25-20(2,3)4)21-12-16(11-18(21)22)14-24-13-15-9-7-6-8-10-15/h6-10,16-17H,5,11-14H2,1-4H3/t16?,17-/m0/s1. The second-order valence-corrected chi connectivity index (χ2v) is 7.57. The van der Waals surface area contributed by atoms with Gasteiger partial charge in [0.1, 0.15) is 11.6 Å². The minimum Gasteiger partial charge on any atom is -0.458 e. The first kappa shape index (κ1) is 19.4. The number of amides is 1. The van der Waals surface area contributed by atoms with E-state index in [4.69, 9.17) is 9.47 Å². The van der Waals surface area contributed by atoms with Crippen LogP contribution in [0.25, 0.3) is 0 Å². The summed E-state index contributed by atoms with van der Waals surface area (Å²) >= 11 is 0. The van der Waals surface area contributed by atoms with Gasteiger partial charge >= 0.3 is 5.97 Å². The lowest BCUT2D eigenvalue weighted by Crippen LogP contribution is -2.45. The van der Waals surface area contributed by atoms with Gasteiger partial charge in [0.05, 0.1) is 13.2 Å². The van der Waals surface area contributed by atoms with E-state index in [9.17, 15) is 9.59 Å². The Hall–Kier alpha value is -1.88. The maximum absolute atomic E-state index is 12.4. The molecule has 0 N–H and O–H groups in total. The highest BCUT2D eigenvalue weighted by Gasteiger charge is 2.38. The number of nitrogens with zero attached hydrogens (tertiary/aromatic N) is 1. The molecule has 1 aliphatic heterocycles. The van der Waals surface area contributed by atoms with Gasteiger partial charge in [-0.3, -0.25) is 4.79 Å². The van der Waals surface area contributed by atoms with E-state index >= 15 is 0 Å². The average Bonchev–Trinajstić information content (AvgIpc) is 2.88. The van der Waals surface area contributed by atoms with Gasteiger partial charge in [-0.2, -0.15) is 0 Å². The first-order chi connectivity index (χ1) is 11.8. The molecule has 0 radical (unpaired) electrons.